The number of hydrogen-bond acceptors (Lipinski definition) is 4. The van der Waals surface area contributed by atoms with Gasteiger partial charge in [0.15, 0.2) is 0 Å². The Labute approximate surface area is 179 Å². The lowest BCUT2D eigenvalue weighted by Gasteiger charge is -2.12. The normalized spacial score (nSPS) is 14.4. The molecule has 1 aromatic heterocycles. The highest BCUT2D eigenvalue weighted by Crippen LogP contribution is 2.42. The zero-order valence-electron chi connectivity index (χ0n) is 16.2. The number of hydrazone groups is 1. The molecule has 0 amide bonds. The van der Waals surface area contributed by atoms with Gasteiger partial charge in [0, 0.05) is 26.1 Å². The Kier molecular flexibility index (Phi) is 4.53. The number of aryl methyl sites for hydroxylation is 1. The number of hydrogen-bond donors (Lipinski definition) is 1. The van der Waals surface area contributed by atoms with Crippen LogP contribution in [0.15, 0.2) is 88.9 Å². The summed E-state index contributed by atoms with van der Waals surface area (Å²) in [6.07, 6.45) is 3.89. The van der Waals surface area contributed by atoms with Gasteiger partial charge in [0.05, 0.1) is 10.6 Å². The average molecular weight is 431 g/mol. The minimum atomic E-state index is -3.73. The van der Waals surface area contributed by atoms with Crippen LogP contribution in [0.3, 0.4) is 0 Å². The summed E-state index contributed by atoms with van der Waals surface area (Å²) >= 11 is 1.73. The van der Waals surface area contributed by atoms with Crippen molar-refractivity contribution in [1.29, 1.82) is 0 Å². The summed E-state index contributed by atoms with van der Waals surface area (Å²) in [7, 11) is -3.73. The van der Waals surface area contributed by atoms with Gasteiger partial charge in [-0.2, -0.15) is 18.4 Å². The fourth-order valence-corrected chi connectivity index (χ4v) is 5.62. The van der Waals surface area contributed by atoms with Crippen LogP contribution in [0.5, 0.6) is 0 Å². The molecule has 30 heavy (non-hydrogen) atoms. The molecule has 0 spiro atoms. The van der Waals surface area contributed by atoms with Gasteiger partial charge in [-0.3, -0.25) is 0 Å². The van der Waals surface area contributed by atoms with Gasteiger partial charge in [-0.15, -0.1) is 11.3 Å². The molecule has 1 N–H and O–H groups in total. The van der Waals surface area contributed by atoms with Gasteiger partial charge in [-0.25, -0.2) is 0 Å². The lowest BCUT2D eigenvalue weighted by molar-refractivity contribution is 0.584. The predicted octanol–water partition coefficient (Wildman–Crippen LogP) is 5.59. The summed E-state index contributed by atoms with van der Waals surface area (Å²) in [5, 5.41) is 5.36. The first-order chi connectivity index (χ1) is 14.5. The van der Waals surface area contributed by atoms with Gasteiger partial charge in [0.2, 0.25) is 0 Å². The fraction of sp³-hybridized carbons (Fsp3) is 0.0417. The molecule has 4 aromatic rings. The zero-order valence-corrected chi connectivity index (χ0v) is 17.8. The molecule has 0 radical (unpaired) electrons. The molecular weight excluding hydrogens is 412 g/mol. The standard InChI is InChI=1S/C24H18N2O2S2/c1-16-10-12-18(13-11-16)30(27,28)26-25-21-15-14-20-23-19(21)8-5-9-22(23)29-24(20)17-6-3-2-4-7-17/h2-15,26H,1H3/b25-21+. The lowest BCUT2D eigenvalue weighted by Crippen LogP contribution is -2.20. The van der Waals surface area contributed by atoms with Gasteiger partial charge in [0.25, 0.3) is 10.0 Å². The Balaban J connectivity index is 1.56. The molecule has 1 aliphatic carbocycles. The summed E-state index contributed by atoms with van der Waals surface area (Å²) in [5.74, 6) is 0. The third-order valence-electron chi connectivity index (χ3n) is 5.09. The van der Waals surface area contributed by atoms with Gasteiger partial charge in [0.1, 0.15) is 0 Å². The first kappa shape index (κ1) is 18.8. The minimum absolute atomic E-state index is 0.193. The number of thiophene rings is 1. The van der Waals surface area contributed by atoms with Crippen LogP contribution in [0.1, 0.15) is 16.7 Å². The van der Waals surface area contributed by atoms with Crippen LogP contribution >= 0.6 is 11.3 Å². The molecule has 1 heterocycles. The quantitative estimate of drug-likeness (QED) is 0.429. The Hall–Kier alpha value is -3.22. The van der Waals surface area contributed by atoms with E-state index in [0.717, 1.165) is 26.8 Å². The monoisotopic (exact) mass is 430 g/mol. The van der Waals surface area contributed by atoms with E-state index in [1.807, 2.05) is 49.4 Å². The molecule has 5 rings (SSSR count). The molecule has 0 bridgehead atoms. The van der Waals surface area contributed by atoms with Crippen molar-refractivity contribution in [2.24, 2.45) is 5.10 Å². The van der Waals surface area contributed by atoms with E-state index in [-0.39, 0.29) is 4.90 Å². The van der Waals surface area contributed by atoms with E-state index < -0.39 is 10.0 Å². The maximum Gasteiger partial charge on any atom is 0.276 e. The number of nitrogens with one attached hydrogen (secondary N) is 1. The van der Waals surface area contributed by atoms with Crippen LogP contribution in [-0.2, 0) is 10.0 Å². The highest BCUT2D eigenvalue weighted by molar-refractivity contribution is 7.89. The van der Waals surface area contributed by atoms with E-state index >= 15 is 0 Å². The Bertz CT molecular complexity index is 1420. The van der Waals surface area contributed by atoms with E-state index in [1.165, 1.54) is 10.4 Å². The van der Waals surface area contributed by atoms with Crippen molar-refractivity contribution in [2.45, 2.75) is 11.8 Å². The molecule has 1 aliphatic rings. The number of rotatable bonds is 4. The summed E-state index contributed by atoms with van der Waals surface area (Å²) in [4.78, 5) is 3.78. The van der Waals surface area contributed by atoms with Crippen molar-refractivity contribution >= 4 is 43.2 Å². The van der Waals surface area contributed by atoms with Crippen molar-refractivity contribution in [3.63, 3.8) is 0 Å². The Morgan fingerprint density at radius 2 is 1.63 bits per heavy atom. The third-order valence-corrected chi connectivity index (χ3v) is 7.53. The van der Waals surface area contributed by atoms with Crippen LogP contribution in [0, 0.1) is 6.92 Å². The first-order valence-electron chi connectivity index (χ1n) is 9.48. The molecule has 4 nitrogen and oxygen atoms in total. The molecule has 0 atom stereocenters. The van der Waals surface area contributed by atoms with Crippen LogP contribution in [0.4, 0.5) is 0 Å². The average Bonchev–Trinajstić information content (AvgIpc) is 3.15. The fourth-order valence-electron chi connectivity index (χ4n) is 3.58. The van der Waals surface area contributed by atoms with Crippen molar-refractivity contribution in [1.82, 2.24) is 4.83 Å². The van der Waals surface area contributed by atoms with Crippen molar-refractivity contribution < 1.29 is 8.42 Å². The van der Waals surface area contributed by atoms with Gasteiger partial charge >= 0.3 is 0 Å². The first-order valence-corrected chi connectivity index (χ1v) is 11.8. The van der Waals surface area contributed by atoms with E-state index in [0.29, 0.717) is 5.71 Å². The maximum absolute atomic E-state index is 12.6. The van der Waals surface area contributed by atoms with E-state index in [2.05, 4.69) is 28.1 Å². The second-order valence-corrected chi connectivity index (χ2v) is 9.84. The molecule has 0 saturated carbocycles. The SMILES string of the molecule is Cc1ccc(S(=O)(=O)N/N=C2\C=Cc3c(-c4ccccc4)sc4cccc2c34)cc1. The predicted molar refractivity (Wildman–Crippen MR) is 124 cm³/mol. The van der Waals surface area contributed by atoms with Crippen LogP contribution < -0.4 is 4.83 Å². The molecular formula is C24H18N2O2S2. The maximum atomic E-state index is 12.6. The summed E-state index contributed by atoms with van der Waals surface area (Å²) in [6.45, 7) is 1.92. The Morgan fingerprint density at radius 1 is 0.867 bits per heavy atom. The van der Waals surface area contributed by atoms with Crippen molar-refractivity contribution in [3.05, 3.63) is 95.6 Å². The minimum Gasteiger partial charge on any atom is -0.200 e. The van der Waals surface area contributed by atoms with E-state index in [9.17, 15) is 8.42 Å². The largest absolute Gasteiger partial charge is 0.276 e. The number of sulfonamides is 1. The van der Waals surface area contributed by atoms with Crippen molar-refractivity contribution in [2.75, 3.05) is 0 Å². The van der Waals surface area contributed by atoms with Crippen molar-refractivity contribution in [3.8, 4) is 10.4 Å². The highest BCUT2D eigenvalue weighted by Gasteiger charge is 2.21. The number of nitrogens with zero attached hydrogens (tertiary/aromatic N) is 1. The molecule has 148 valence electrons. The second-order valence-electron chi connectivity index (χ2n) is 7.13. The topological polar surface area (TPSA) is 58.5 Å². The lowest BCUT2D eigenvalue weighted by atomic mass is 9.94. The second kappa shape index (κ2) is 7.23. The molecule has 0 saturated heterocycles. The smallest absolute Gasteiger partial charge is 0.200 e. The summed E-state index contributed by atoms with van der Waals surface area (Å²) in [5.41, 5.74) is 4.85. The summed E-state index contributed by atoms with van der Waals surface area (Å²) in [6, 6.07) is 23.0. The summed E-state index contributed by atoms with van der Waals surface area (Å²) < 4.78 is 26.4. The zero-order chi connectivity index (χ0) is 20.7. The van der Waals surface area contributed by atoms with Gasteiger partial charge in [-0.1, -0.05) is 66.2 Å². The van der Waals surface area contributed by atoms with Crippen LogP contribution in [-0.4, -0.2) is 14.1 Å². The molecule has 0 fully saturated rings. The number of allylic oxidation sites excluding steroid dienone is 1. The third kappa shape index (κ3) is 3.24. The molecule has 6 heteroatoms. The van der Waals surface area contributed by atoms with E-state index in [1.54, 1.807) is 35.6 Å². The molecule has 3 aromatic carbocycles. The van der Waals surface area contributed by atoms with Gasteiger partial charge in [-0.05, 0) is 36.8 Å². The van der Waals surface area contributed by atoms with Gasteiger partial charge < -0.3 is 0 Å². The molecule has 0 aliphatic heterocycles. The van der Waals surface area contributed by atoms with Crippen LogP contribution in [0.2, 0.25) is 0 Å². The van der Waals surface area contributed by atoms with E-state index in [4.69, 9.17) is 0 Å². The highest BCUT2D eigenvalue weighted by atomic mass is 32.2. The van der Waals surface area contributed by atoms with Crippen LogP contribution in [0.25, 0.3) is 26.6 Å². The number of benzene rings is 3. The Morgan fingerprint density at radius 3 is 2.40 bits per heavy atom. The molecule has 0 unspecified atom stereocenters.